The van der Waals surface area contributed by atoms with Gasteiger partial charge in [-0.05, 0) is 42.7 Å². The molecule has 0 saturated carbocycles. The zero-order valence-electron chi connectivity index (χ0n) is 11.8. The van der Waals surface area contributed by atoms with Crippen LogP contribution in [0.1, 0.15) is 12.0 Å². The van der Waals surface area contributed by atoms with E-state index in [0.29, 0.717) is 12.3 Å². The van der Waals surface area contributed by atoms with Crippen molar-refractivity contribution in [3.63, 3.8) is 0 Å². The number of hydrogen-bond acceptors (Lipinski definition) is 3. The number of rotatable bonds is 3. The molecule has 4 heteroatoms. The first-order valence-electron chi connectivity index (χ1n) is 7.11. The first kappa shape index (κ1) is 13.5. The molecule has 0 bridgehead atoms. The first-order chi connectivity index (χ1) is 10.3. The largest absolute Gasteiger partial charge is 0.484 e. The van der Waals surface area contributed by atoms with Gasteiger partial charge in [0, 0.05) is 17.9 Å². The highest BCUT2D eigenvalue weighted by molar-refractivity contribution is 5.96. The van der Waals surface area contributed by atoms with Gasteiger partial charge in [0.25, 0.3) is 5.91 Å². The van der Waals surface area contributed by atoms with Crippen LogP contribution < -0.4 is 15.4 Å². The van der Waals surface area contributed by atoms with E-state index in [1.54, 1.807) is 4.90 Å². The Morgan fingerprint density at radius 3 is 2.76 bits per heavy atom. The number of hydrogen-bond donors (Lipinski definition) is 1. The average molecular weight is 282 g/mol. The Morgan fingerprint density at radius 1 is 1.14 bits per heavy atom. The minimum absolute atomic E-state index is 0.0367. The van der Waals surface area contributed by atoms with Gasteiger partial charge in [-0.15, -0.1) is 0 Å². The van der Waals surface area contributed by atoms with Gasteiger partial charge in [0.2, 0.25) is 0 Å². The molecule has 21 heavy (non-hydrogen) atoms. The molecule has 2 N–H and O–H groups in total. The van der Waals surface area contributed by atoms with Gasteiger partial charge >= 0.3 is 0 Å². The van der Waals surface area contributed by atoms with E-state index < -0.39 is 0 Å². The molecule has 1 amide bonds. The molecular formula is C17H18N2O2. The van der Waals surface area contributed by atoms with Gasteiger partial charge in [0.1, 0.15) is 5.75 Å². The molecule has 0 saturated heterocycles. The number of nitrogens with two attached hydrogens (primary N) is 1. The third kappa shape index (κ3) is 2.84. The van der Waals surface area contributed by atoms with E-state index in [-0.39, 0.29) is 12.5 Å². The number of carbonyl (C=O) groups excluding carboxylic acids is 1. The lowest BCUT2D eigenvalue weighted by Gasteiger charge is -2.30. The van der Waals surface area contributed by atoms with Crippen LogP contribution >= 0.6 is 0 Å². The Kier molecular flexibility index (Phi) is 3.77. The number of nitrogens with zero attached hydrogens (tertiary/aromatic N) is 1. The fourth-order valence-electron chi connectivity index (χ4n) is 2.65. The maximum Gasteiger partial charge on any atom is 0.264 e. The van der Waals surface area contributed by atoms with Crippen molar-refractivity contribution < 1.29 is 9.53 Å². The minimum Gasteiger partial charge on any atom is -0.484 e. The van der Waals surface area contributed by atoms with Crippen LogP contribution in [-0.2, 0) is 11.2 Å². The molecular weight excluding hydrogens is 264 g/mol. The van der Waals surface area contributed by atoms with Gasteiger partial charge in [-0.1, -0.05) is 24.3 Å². The highest BCUT2D eigenvalue weighted by Gasteiger charge is 2.23. The van der Waals surface area contributed by atoms with Crippen molar-refractivity contribution in [1.82, 2.24) is 0 Å². The summed E-state index contributed by atoms with van der Waals surface area (Å²) in [5.41, 5.74) is 8.74. The van der Waals surface area contributed by atoms with Crippen LogP contribution in [0, 0.1) is 0 Å². The molecule has 0 aromatic heterocycles. The van der Waals surface area contributed by atoms with E-state index >= 15 is 0 Å². The molecule has 2 aromatic rings. The number of nitrogen functional groups attached to an aromatic ring is 1. The Balaban J connectivity index is 1.73. The molecule has 0 spiro atoms. The molecule has 1 heterocycles. The van der Waals surface area contributed by atoms with Crippen LogP contribution in [0.25, 0.3) is 0 Å². The molecule has 0 fully saturated rings. The number of fused-ring (bicyclic) bond motifs is 1. The third-order valence-electron chi connectivity index (χ3n) is 3.69. The predicted molar refractivity (Wildman–Crippen MR) is 83.5 cm³/mol. The number of anilines is 2. The number of amides is 1. The van der Waals surface area contributed by atoms with E-state index in [9.17, 15) is 4.79 Å². The van der Waals surface area contributed by atoms with E-state index in [1.165, 1.54) is 0 Å². The first-order valence-corrected chi connectivity index (χ1v) is 7.11. The summed E-state index contributed by atoms with van der Waals surface area (Å²) in [6.07, 6.45) is 1.85. The van der Waals surface area contributed by atoms with Crippen molar-refractivity contribution in [3.8, 4) is 5.75 Å². The molecule has 0 unspecified atom stereocenters. The van der Waals surface area contributed by atoms with E-state index in [4.69, 9.17) is 10.5 Å². The lowest BCUT2D eigenvalue weighted by atomic mass is 10.00. The normalized spacial score (nSPS) is 13.6. The van der Waals surface area contributed by atoms with Crippen molar-refractivity contribution in [2.24, 2.45) is 0 Å². The summed E-state index contributed by atoms with van der Waals surface area (Å²) in [5.74, 6) is 0.668. The fraction of sp³-hybridized carbons (Fsp3) is 0.235. The Bertz CT molecular complexity index is 640. The topological polar surface area (TPSA) is 55.6 Å². The van der Waals surface area contributed by atoms with Crippen molar-refractivity contribution in [2.45, 2.75) is 12.8 Å². The van der Waals surface area contributed by atoms with Crippen molar-refractivity contribution >= 4 is 17.3 Å². The monoisotopic (exact) mass is 282 g/mol. The highest BCUT2D eigenvalue weighted by Crippen LogP contribution is 2.31. The maximum absolute atomic E-state index is 12.4. The molecule has 108 valence electrons. The third-order valence-corrected chi connectivity index (χ3v) is 3.69. The van der Waals surface area contributed by atoms with Gasteiger partial charge in [0.15, 0.2) is 6.61 Å². The van der Waals surface area contributed by atoms with E-state index in [2.05, 4.69) is 0 Å². The second kappa shape index (κ2) is 5.87. The van der Waals surface area contributed by atoms with Crippen LogP contribution in [0.15, 0.2) is 48.5 Å². The second-order valence-electron chi connectivity index (χ2n) is 5.10. The molecule has 0 aliphatic carbocycles. The Morgan fingerprint density at radius 2 is 1.95 bits per heavy atom. The summed E-state index contributed by atoms with van der Waals surface area (Å²) in [6.45, 7) is 0.756. The van der Waals surface area contributed by atoms with Crippen molar-refractivity contribution in [2.75, 3.05) is 23.8 Å². The van der Waals surface area contributed by atoms with Crippen molar-refractivity contribution in [1.29, 1.82) is 0 Å². The fourth-order valence-corrected chi connectivity index (χ4v) is 2.65. The average Bonchev–Trinajstić information content (AvgIpc) is 2.53. The summed E-state index contributed by atoms with van der Waals surface area (Å²) in [7, 11) is 0. The van der Waals surface area contributed by atoms with E-state index in [1.807, 2.05) is 48.5 Å². The van der Waals surface area contributed by atoms with Gasteiger partial charge in [0.05, 0.1) is 0 Å². The SMILES string of the molecule is Nc1cccc2c1CCCN2C(=O)COc1ccccc1. The van der Waals surface area contributed by atoms with Crippen LogP contribution in [-0.4, -0.2) is 19.1 Å². The molecule has 0 radical (unpaired) electrons. The van der Waals surface area contributed by atoms with Gasteiger partial charge < -0.3 is 15.4 Å². The summed E-state index contributed by atoms with van der Waals surface area (Å²) < 4.78 is 5.54. The standard InChI is InChI=1S/C17H18N2O2/c18-15-9-4-10-16-14(15)8-5-11-19(16)17(20)12-21-13-6-2-1-3-7-13/h1-4,6-7,9-10H,5,8,11-12,18H2. The summed E-state index contributed by atoms with van der Waals surface area (Å²) in [4.78, 5) is 14.2. The quantitative estimate of drug-likeness (QED) is 0.880. The van der Waals surface area contributed by atoms with Gasteiger partial charge in [-0.2, -0.15) is 0 Å². The van der Waals surface area contributed by atoms with Crippen LogP contribution in [0.2, 0.25) is 0 Å². The number of benzene rings is 2. The smallest absolute Gasteiger partial charge is 0.264 e. The Labute approximate surface area is 124 Å². The van der Waals surface area contributed by atoms with Crippen LogP contribution in [0.3, 0.4) is 0 Å². The van der Waals surface area contributed by atoms with E-state index in [0.717, 1.165) is 29.8 Å². The molecule has 3 rings (SSSR count). The number of carbonyl (C=O) groups is 1. The minimum atomic E-state index is -0.0367. The number of para-hydroxylation sites is 1. The zero-order chi connectivity index (χ0) is 14.7. The lowest BCUT2D eigenvalue weighted by molar-refractivity contribution is -0.120. The number of ether oxygens (including phenoxy) is 1. The van der Waals surface area contributed by atoms with Gasteiger partial charge in [-0.25, -0.2) is 0 Å². The van der Waals surface area contributed by atoms with Gasteiger partial charge in [-0.3, -0.25) is 4.79 Å². The lowest BCUT2D eigenvalue weighted by Crippen LogP contribution is -2.38. The predicted octanol–water partition coefficient (Wildman–Crippen LogP) is 2.63. The summed E-state index contributed by atoms with van der Waals surface area (Å²) in [6, 6.07) is 15.1. The van der Waals surface area contributed by atoms with Crippen LogP contribution in [0.4, 0.5) is 11.4 Å². The molecule has 1 aliphatic heterocycles. The second-order valence-corrected chi connectivity index (χ2v) is 5.10. The highest BCUT2D eigenvalue weighted by atomic mass is 16.5. The maximum atomic E-state index is 12.4. The van der Waals surface area contributed by atoms with Crippen molar-refractivity contribution in [3.05, 3.63) is 54.1 Å². The summed E-state index contributed by atoms with van der Waals surface area (Å²) in [5, 5.41) is 0. The summed E-state index contributed by atoms with van der Waals surface area (Å²) >= 11 is 0. The molecule has 0 atom stereocenters. The molecule has 2 aromatic carbocycles. The molecule has 4 nitrogen and oxygen atoms in total. The zero-order valence-corrected chi connectivity index (χ0v) is 11.8. The molecule has 1 aliphatic rings. The Hall–Kier alpha value is -2.49. The van der Waals surface area contributed by atoms with Crippen LogP contribution in [0.5, 0.6) is 5.75 Å².